The van der Waals surface area contributed by atoms with Crippen molar-refractivity contribution in [3.05, 3.63) is 47.7 Å². The highest BCUT2D eigenvalue weighted by molar-refractivity contribution is 5.77. The van der Waals surface area contributed by atoms with Crippen molar-refractivity contribution in [1.82, 2.24) is 19.9 Å². The fraction of sp³-hybridized carbons (Fsp3) is 0.400. The van der Waals surface area contributed by atoms with Crippen LogP contribution in [-0.2, 0) is 6.54 Å². The number of piperidine rings is 1. The van der Waals surface area contributed by atoms with E-state index in [2.05, 4.69) is 54.1 Å². The topological polar surface area (TPSA) is 42.7 Å². The smallest absolute Gasteiger partial charge is 0.160 e. The predicted molar refractivity (Wildman–Crippen MR) is 98.0 cm³/mol. The number of nitrogens with zero attached hydrogens (tertiary/aromatic N) is 3. The molecule has 4 heteroatoms. The lowest BCUT2D eigenvalue weighted by molar-refractivity contribution is 0.337. The molecule has 3 heterocycles. The Bertz CT molecular complexity index is 842. The van der Waals surface area contributed by atoms with Crippen LogP contribution in [0.2, 0.25) is 0 Å². The summed E-state index contributed by atoms with van der Waals surface area (Å²) in [5.74, 6) is 1.73. The molecular formula is C20H24N4. The first-order valence-electron chi connectivity index (χ1n) is 8.81. The average molecular weight is 320 g/mol. The quantitative estimate of drug-likeness (QED) is 0.800. The van der Waals surface area contributed by atoms with E-state index >= 15 is 0 Å². The summed E-state index contributed by atoms with van der Waals surface area (Å²) in [6.07, 6.45) is 4.39. The molecule has 1 fully saturated rings. The summed E-state index contributed by atoms with van der Waals surface area (Å²) >= 11 is 0. The normalized spacial score (nSPS) is 15.9. The Labute approximate surface area is 142 Å². The summed E-state index contributed by atoms with van der Waals surface area (Å²) in [4.78, 5) is 9.62. The number of fused-ring (bicyclic) bond motifs is 1. The number of rotatable bonds is 3. The molecule has 0 atom stereocenters. The van der Waals surface area contributed by atoms with Crippen molar-refractivity contribution >= 4 is 11.2 Å². The van der Waals surface area contributed by atoms with Gasteiger partial charge in [0.2, 0.25) is 0 Å². The van der Waals surface area contributed by atoms with Gasteiger partial charge in [0, 0.05) is 18.3 Å². The van der Waals surface area contributed by atoms with Gasteiger partial charge < -0.3 is 9.88 Å². The summed E-state index contributed by atoms with van der Waals surface area (Å²) in [5, 5.41) is 3.45. The fourth-order valence-electron chi connectivity index (χ4n) is 3.53. The van der Waals surface area contributed by atoms with Gasteiger partial charge in [-0.2, -0.15) is 0 Å². The molecule has 4 rings (SSSR count). The zero-order valence-electron chi connectivity index (χ0n) is 14.4. The summed E-state index contributed by atoms with van der Waals surface area (Å²) in [6.45, 7) is 7.42. The highest BCUT2D eigenvalue weighted by Gasteiger charge is 2.19. The van der Waals surface area contributed by atoms with E-state index in [0.29, 0.717) is 5.92 Å². The van der Waals surface area contributed by atoms with E-state index < -0.39 is 0 Å². The second kappa shape index (κ2) is 6.36. The van der Waals surface area contributed by atoms with Crippen molar-refractivity contribution in [2.45, 2.75) is 33.2 Å². The molecular weight excluding hydrogens is 296 g/mol. The monoisotopic (exact) mass is 320 g/mol. The molecule has 24 heavy (non-hydrogen) atoms. The van der Waals surface area contributed by atoms with Crippen LogP contribution in [0.3, 0.4) is 0 Å². The van der Waals surface area contributed by atoms with Crippen molar-refractivity contribution in [1.29, 1.82) is 0 Å². The van der Waals surface area contributed by atoms with Crippen LogP contribution in [0, 0.1) is 19.8 Å². The van der Waals surface area contributed by atoms with Gasteiger partial charge in [-0.3, -0.25) is 0 Å². The van der Waals surface area contributed by atoms with Crippen LogP contribution in [-0.4, -0.2) is 27.6 Å². The van der Waals surface area contributed by atoms with E-state index in [9.17, 15) is 0 Å². The molecule has 1 aromatic carbocycles. The van der Waals surface area contributed by atoms with Crippen LogP contribution in [0.5, 0.6) is 0 Å². The predicted octanol–water partition coefficient (Wildman–Crippen LogP) is 3.71. The van der Waals surface area contributed by atoms with Gasteiger partial charge in [0.25, 0.3) is 0 Å². The number of nitrogens with one attached hydrogen (secondary N) is 1. The van der Waals surface area contributed by atoms with Crippen LogP contribution in [0.25, 0.3) is 22.6 Å². The Kier molecular flexibility index (Phi) is 4.07. The van der Waals surface area contributed by atoms with E-state index in [1.165, 1.54) is 24.0 Å². The van der Waals surface area contributed by atoms with E-state index in [-0.39, 0.29) is 0 Å². The minimum absolute atomic E-state index is 0.691. The number of benzene rings is 1. The first-order valence-corrected chi connectivity index (χ1v) is 8.81. The maximum Gasteiger partial charge on any atom is 0.160 e. The van der Waals surface area contributed by atoms with Gasteiger partial charge in [0.15, 0.2) is 5.65 Å². The summed E-state index contributed by atoms with van der Waals surface area (Å²) in [5.41, 5.74) is 5.61. The van der Waals surface area contributed by atoms with Gasteiger partial charge in [0.05, 0.1) is 0 Å². The number of hydrogen-bond acceptors (Lipinski definition) is 3. The maximum atomic E-state index is 4.92. The standard InChI is InChI=1S/C20H24N4/c1-14-3-5-17(6-4-14)19-23-18-11-15(2)12-22-20(18)24(19)13-16-7-9-21-10-8-16/h3-6,11-12,16,21H,7-10,13H2,1-2H3. The first-order chi connectivity index (χ1) is 11.7. The Morgan fingerprint density at radius 2 is 1.83 bits per heavy atom. The molecule has 2 aromatic heterocycles. The second-order valence-corrected chi connectivity index (χ2v) is 6.96. The summed E-state index contributed by atoms with van der Waals surface area (Å²) in [7, 11) is 0. The van der Waals surface area contributed by atoms with E-state index in [1.54, 1.807) is 0 Å². The maximum absolute atomic E-state index is 4.92. The third kappa shape index (κ3) is 2.94. The lowest BCUT2D eigenvalue weighted by Gasteiger charge is -2.23. The minimum atomic E-state index is 0.691. The molecule has 1 N–H and O–H groups in total. The molecule has 3 aromatic rings. The molecule has 0 bridgehead atoms. The summed E-state index contributed by atoms with van der Waals surface area (Å²) in [6, 6.07) is 10.8. The van der Waals surface area contributed by atoms with Gasteiger partial charge in [-0.15, -0.1) is 0 Å². The molecule has 0 saturated carbocycles. The fourth-order valence-corrected chi connectivity index (χ4v) is 3.53. The molecule has 0 amide bonds. The minimum Gasteiger partial charge on any atom is -0.317 e. The van der Waals surface area contributed by atoms with Crippen LogP contribution >= 0.6 is 0 Å². The number of pyridine rings is 1. The number of aryl methyl sites for hydroxylation is 2. The zero-order valence-corrected chi connectivity index (χ0v) is 14.4. The van der Waals surface area contributed by atoms with E-state index in [4.69, 9.17) is 9.97 Å². The molecule has 0 spiro atoms. The third-order valence-electron chi connectivity index (χ3n) is 4.93. The third-order valence-corrected chi connectivity index (χ3v) is 4.93. The van der Waals surface area contributed by atoms with Crippen LogP contribution in [0.1, 0.15) is 24.0 Å². The first kappa shape index (κ1) is 15.3. The second-order valence-electron chi connectivity index (χ2n) is 6.96. The number of aromatic nitrogens is 3. The van der Waals surface area contributed by atoms with Gasteiger partial charge in [-0.05, 0) is 57.3 Å². The molecule has 0 radical (unpaired) electrons. The van der Waals surface area contributed by atoms with Gasteiger partial charge in [0.1, 0.15) is 11.3 Å². The van der Waals surface area contributed by atoms with Crippen molar-refractivity contribution in [3.8, 4) is 11.4 Å². The Balaban J connectivity index is 1.81. The molecule has 1 aliphatic rings. The molecule has 0 aliphatic carbocycles. The summed E-state index contributed by atoms with van der Waals surface area (Å²) < 4.78 is 2.33. The molecule has 1 aliphatic heterocycles. The highest BCUT2D eigenvalue weighted by atomic mass is 15.1. The van der Waals surface area contributed by atoms with E-state index in [1.807, 2.05) is 6.20 Å². The largest absolute Gasteiger partial charge is 0.317 e. The highest BCUT2D eigenvalue weighted by Crippen LogP contribution is 2.27. The Hall–Kier alpha value is -2.20. The van der Waals surface area contributed by atoms with Crippen molar-refractivity contribution < 1.29 is 0 Å². The molecule has 4 nitrogen and oxygen atoms in total. The lowest BCUT2D eigenvalue weighted by Crippen LogP contribution is -2.30. The van der Waals surface area contributed by atoms with Crippen molar-refractivity contribution in [2.75, 3.05) is 13.1 Å². The lowest BCUT2D eigenvalue weighted by atomic mass is 9.98. The molecule has 1 saturated heterocycles. The molecule has 0 unspecified atom stereocenters. The Morgan fingerprint density at radius 1 is 1.08 bits per heavy atom. The van der Waals surface area contributed by atoms with Gasteiger partial charge >= 0.3 is 0 Å². The van der Waals surface area contributed by atoms with Crippen molar-refractivity contribution in [3.63, 3.8) is 0 Å². The van der Waals surface area contributed by atoms with Crippen molar-refractivity contribution in [2.24, 2.45) is 5.92 Å². The Morgan fingerprint density at radius 3 is 2.58 bits per heavy atom. The van der Waals surface area contributed by atoms with E-state index in [0.717, 1.165) is 42.2 Å². The van der Waals surface area contributed by atoms with Gasteiger partial charge in [-0.1, -0.05) is 29.8 Å². The zero-order chi connectivity index (χ0) is 16.5. The number of imidazole rings is 1. The average Bonchev–Trinajstić information content (AvgIpc) is 2.94. The SMILES string of the molecule is Cc1ccc(-c2nc3cc(C)cnc3n2CC2CCNCC2)cc1. The number of hydrogen-bond donors (Lipinski definition) is 1. The van der Waals surface area contributed by atoms with Crippen LogP contribution < -0.4 is 5.32 Å². The van der Waals surface area contributed by atoms with Crippen LogP contribution in [0.15, 0.2) is 36.5 Å². The molecule has 124 valence electrons. The van der Waals surface area contributed by atoms with Crippen LogP contribution in [0.4, 0.5) is 0 Å². The van der Waals surface area contributed by atoms with Gasteiger partial charge in [-0.25, -0.2) is 9.97 Å².